The third-order valence-electron chi connectivity index (χ3n) is 5.74. The Morgan fingerprint density at radius 3 is 2.53 bits per heavy atom. The molecule has 0 saturated heterocycles. The summed E-state index contributed by atoms with van der Waals surface area (Å²) < 4.78 is 68.9. The molecule has 3 heterocycles. The van der Waals surface area contributed by atoms with Gasteiger partial charge in [0.2, 0.25) is 5.91 Å². The van der Waals surface area contributed by atoms with Gasteiger partial charge in [-0.3, -0.25) is 4.79 Å². The molecule has 3 N–H and O–H groups in total. The Balaban J connectivity index is 1.88. The minimum atomic E-state index is -4.58. The van der Waals surface area contributed by atoms with E-state index in [-0.39, 0.29) is 48.4 Å². The fourth-order valence-electron chi connectivity index (χ4n) is 4.05. The first-order valence-electron chi connectivity index (χ1n) is 10.3. The first-order chi connectivity index (χ1) is 15.9. The number of alkyl halides is 3. The number of halogens is 5. The van der Waals surface area contributed by atoms with Crippen molar-refractivity contribution >= 4 is 17.5 Å². The number of hydrogen-bond acceptors (Lipinski definition) is 5. The summed E-state index contributed by atoms with van der Waals surface area (Å²) in [5.41, 5.74) is 4.06. The minimum Gasteiger partial charge on any atom is -0.327 e. The van der Waals surface area contributed by atoms with Crippen molar-refractivity contribution in [3.05, 3.63) is 59.6 Å². The first kappa shape index (κ1) is 23.6. The van der Waals surface area contributed by atoms with E-state index in [1.165, 1.54) is 6.07 Å². The molecule has 180 valence electrons. The van der Waals surface area contributed by atoms with Gasteiger partial charge >= 0.3 is 6.18 Å². The molecule has 0 radical (unpaired) electrons. The number of imidazole rings is 1. The van der Waals surface area contributed by atoms with Crippen molar-refractivity contribution < 1.29 is 26.7 Å². The number of carbonyl (C=O) groups is 1. The number of rotatable bonds is 4. The van der Waals surface area contributed by atoms with Crippen LogP contribution in [-0.2, 0) is 23.1 Å². The molecule has 0 unspecified atom stereocenters. The predicted octanol–water partition coefficient (Wildman–Crippen LogP) is 4.02. The molecule has 7 nitrogen and oxygen atoms in total. The molecule has 0 saturated carbocycles. The lowest BCUT2D eigenvalue weighted by Crippen LogP contribution is -2.53. The maximum absolute atomic E-state index is 14.0. The standard InChI is InChI=1S/C22H21F5N6O/c1-21(2)20-31-18(12-3-4-14(23)15(24)9-12)19(32(20)7-8-33(21)17(34)11-28)30-16-10-13(5-6-29-16)22(25,26)27/h3-6,9-10H,7-8,11,28H2,1-2H3,(H,29,30). The molecule has 3 aromatic rings. The molecule has 4 rings (SSSR count). The number of hydrogen-bond donors (Lipinski definition) is 2. The largest absolute Gasteiger partial charge is 0.416 e. The Morgan fingerprint density at radius 1 is 1.15 bits per heavy atom. The molecule has 1 amide bonds. The third kappa shape index (κ3) is 4.09. The van der Waals surface area contributed by atoms with Gasteiger partial charge in [-0.1, -0.05) is 0 Å². The van der Waals surface area contributed by atoms with Crippen LogP contribution in [0.1, 0.15) is 25.2 Å². The summed E-state index contributed by atoms with van der Waals surface area (Å²) in [6.07, 6.45) is -3.56. The van der Waals surface area contributed by atoms with E-state index in [1.807, 2.05) is 0 Å². The van der Waals surface area contributed by atoms with Crippen LogP contribution in [-0.4, -0.2) is 38.4 Å². The third-order valence-corrected chi connectivity index (χ3v) is 5.74. The summed E-state index contributed by atoms with van der Waals surface area (Å²) in [5.74, 6) is -1.94. The summed E-state index contributed by atoms with van der Waals surface area (Å²) in [6.45, 7) is 3.79. The van der Waals surface area contributed by atoms with Crippen LogP contribution >= 0.6 is 0 Å². The molecule has 0 spiro atoms. The number of aromatic nitrogens is 3. The van der Waals surface area contributed by atoms with Crippen LogP contribution in [0.3, 0.4) is 0 Å². The number of nitrogens with zero attached hydrogens (tertiary/aromatic N) is 4. The second kappa shape index (κ2) is 8.35. The van der Waals surface area contributed by atoms with Gasteiger partial charge in [-0.25, -0.2) is 18.7 Å². The smallest absolute Gasteiger partial charge is 0.327 e. The van der Waals surface area contributed by atoms with Gasteiger partial charge in [-0.15, -0.1) is 0 Å². The maximum Gasteiger partial charge on any atom is 0.416 e. The van der Waals surface area contributed by atoms with Crippen molar-refractivity contribution in [1.82, 2.24) is 19.4 Å². The van der Waals surface area contributed by atoms with Crippen LogP contribution in [0.4, 0.5) is 33.6 Å². The van der Waals surface area contributed by atoms with Gasteiger partial charge in [0, 0.05) is 24.8 Å². The molecule has 34 heavy (non-hydrogen) atoms. The number of pyridine rings is 1. The van der Waals surface area contributed by atoms with Gasteiger partial charge in [0.05, 0.1) is 17.6 Å². The van der Waals surface area contributed by atoms with Gasteiger partial charge in [-0.2, -0.15) is 13.2 Å². The molecule has 1 aromatic carbocycles. The van der Waals surface area contributed by atoms with E-state index in [4.69, 9.17) is 5.73 Å². The molecule has 0 aliphatic carbocycles. The molecule has 1 aliphatic rings. The number of nitrogens with two attached hydrogens (primary N) is 1. The quantitative estimate of drug-likeness (QED) is 0.551. The molecule has 12 heteroatoms. The average molecular weight is 480 g/mol. The number of carbonyl (C=O) groups excluding carboxylic acids is 1. The van der Waals surface area contributed by atoms with E-state index in [9.17, 15) is 26.7 Å². The maximum atomic E-state index is 14.0. The zero-order valence-corrected chi connectivity index (χ0v) is 18.2. The highest BCUT2D eigenvalue weighted by Crippen LogP contribution is 2.40. The number of amides is 1. The van der Waals surface area contributed by atoms with E-state index in [1.54, 1.807) is 23.3 Å². The zero-order chi connectivity index (χ0) is 24.8. The normalized spacial score (nSPS) is 15.2. The van der Waals surface area contributed by atoms with Gasteiger partial charge in [-0.05, 0) is 44.2 Å². The Labute approximate surface area is 191 Å². The fourth-order valence-corrected chi connectivity index (χ4v) is 4.05. The average Bonchev–Trinajstić information content (AvgIpc) is 3.14. The lowest BCUT2D eigenvalue weighted by atomic mass is 9.99. The Hall–Kier alpha value is -3.54. The molecule has 0 atom stereocenters. The molecule has 0 bridgehead atoms. The van der Waals surface area contributed by atoms with Gasteiger partial charge in [0.25, 0.3) is 0 Å². The van der Waals surface area contributed by atoms with Crippen LogP contribution in [0.15, 0.2) is 36.5 Å². The van der Waals surface area contributed by atoms with Crippen molar-refractivity contribution in [2.24, 2.45) is 5.73 Å². The lowest BCUT2D eigenvalue weighted by molar-refractivity contribution is -0.138. The van der Waals surface area contributed by atoms with Crippen molar-refractivity contribution in [1.29, 1.82) is 0 Å². The van der Waals surface area contributed by atoms with Crippen molar-refractivity contribution in [2.45, 2.75) is 32.1 Å². The number of anilines is 2. The number of benzene rings is 1. The number of nitrogens with one attached hydrogen (secondary N) is 1. The van der Waals surface area contributed by atoms with Crippen molar-refractivity contribution in [2.75, 3.05) is 18.4 Å². The second-order valence-electron chi connectivity index (χ2n) is 8.27. The van der Waals surface area contributed by atoms with Gasteiger partial charge in [0.15, 0.2) is 11.6 Å². The Morgan fingerprint density at radius 2 is 1.88 bits per heavy atom. The Bertz CT molecular complexity index is 1250. The highest BCUT2D eigenvalue weighted by atomic mass is 19.4. The summed E-state index contributed by atoms with van der Waals surface area (Å²) >= 11 is 0. The summed E-state index contributed by atoms with van der Waals surface area (Å²) in [7, 11) is 0. The van der Waals surface area contributed by atoms with Crippen LogP contribution < -0.4 is 11.1 Å². The minimum absolute atomic E-state index is 0.111. The first-order valence-corrected chi connectivity index (χ1v) is 10.3. The van der Waals surface area contributed by atoms with Gasteiger partial charge in [0.1, 0.15) is 23.2 Å². The van der Waals surface area contributed by atoms with E-state index in [2.05, 4.69) is 15.3 Å². The monoisotopic (exact) mass is 480 g/mol. The summed E-state index contributed by atoms with van der Waals surface area (Å²) in [4.78, 5) is 22.5. The van der Waals surface area contributed by atoms with Crippen LogP contribution in [0, 0.1) is 11.6 Å². The SMILES string of the molecule is CC1(C)c2nc(-c3ccc(F)c(F)c3)c(Nc3cc(C(F)(F)F)ccn3)n2CCN1C(=O)CN. The summed E-state index contributed by atoms with van der Waals surface area (Å²) in [6, 6.07) is 4.88. The molecule has 1 aliphatic heterocycles. The molecule has 0 fully saturated rings. The van der Waals surface area contributed by atoms with E-state index in [0.717, 1.165) is 30.5 Å². The lowest BCUT2D eigenvalue weighted by Gasteiger charge is -2.42. The molecular weight excluding hydrogens is 459 g/mol. The highest BCUT2D eigenvalue weighted by Gasteiger charge is 2.41. The highest BCUT2D eigenvalue weighted by molar-refractivity contribution is 5.80. The van der Waals surface area contributed by atoms with E-state index in [0.29, 0.717) is 5.82 Å². The fraction of sp³-hybridized carbons (Fsp3) is 0.318. The number of fused-ring (bicyclic) bond motifs is 1. The molecular formula is C22H21F5N6O. The zero-order valence-electron chi connectivity index (χ0n) is 18.2. The van der Waals surface area contributed by atoms with Gasteiger partial charge < -0.3 is 20.5 Å². The van der Waals surface area contributed by atoms with E-state index < -0.39 is 28.9 Å². The van der Waals surface area contributed by atoms with Crippen LogP contribution in [0.25, 0.3) is 11.3 Å². The van der Waals surface area contributed by atoms with E-state index >= 15 is 0 Å². The van der Waals surface area contributed by atoms with Crippen molar-refractivity contribution in [3.8, 4) is 11.3 Å². The summed E-state index contributed by atoms with van der Waals surface area (Å²) in [5, 5.41) is 2.87. The second-order valence-corrected chi connectivity index (χ2v) is 8.27. The van der Waals surface area contributed by atoms with Crippen molar-refractivity contribution in [3.63, 3.8) is 0 Å². The van der Waals surface area contributed by atoms with Crippen LogP contribution in [0.5, 0.6) is 0 Å². The predicted molar refractivity (Wildman–Crippen MR) is 114 cm³/mol. The molecule has 2 aromatic heterocycles. The Kier molecular flexibility index (Phi) is 5.80. The van der Waals surface area contributed by atoms with Crippen LogP contribution in [0.2, 0.25) is 0 Å². The topological polar surface area (TPSA) is 89.1 Å².